The molecule has 0 radical (unpaired) electrons. The molecular weight excluding hydrogens is 276 g/mol. The number of para-hydroxylation sites is 1. The molecule has 2 aromatic rings. The fourth-order valence-corrected chi connectivity index (χ4v) is 3.04. The Hall–Kier alpha value is -1.81. The second-order valence-corrected chi connectivity index (χ2v) is 6.01. The average Bonchev–Trinajstić information content (AvgIpc) is 2.89. The molecule has 1 aromatic heterocycles. The van der Waals surface area contributed by atoms with Gasteiger partial charge in [0.2, 0.25) is 0 Å². The lowest BCUT2D eigenvalue weighted by Gasteiger charge is -2.31. The highest BCUT2D eigenvalue weighted by Gasteiger charge is 2.26. The molecule has 0 atom stereocenters. The van der Waals surface area contributed by atoms with Gasteiger partial charge in [-0.3, -0.25) is 4.79 Å². The van der Waals surface area contributed by atoms with E-state index in [1.807, 2.05) is 41.9 Å². The number of hydrogen-bond acceptors (Lipinski definition) is 2. The van der Waals surface area contributed by atoms with Crippen molar-refractivity contribution in [3.63, 3.8) is 0 Å². The van der Waals surface area contributed by atoms with E-state index >= 15 is 0 Å². The Morgan fingerprint density at radius 3 is 2.55 bits per heavy atom. The Bertz CT molecular complexity index is 642. The number of rotatable bonds is 7. The van der Waals surface area contributed by atoms with Crippen LogP contribution in [-0.2, 0) is 7.05 Å². The molecule has 0 saturated heterocycles. The molecule has 4 nitrogen and oxygen atoms in total. The van der Waals surface area contributed by atoms with E-state index in [9.17, 15) is 9.90 Å². The molecular formula is C18H26N2O2. The number of amides is 1. The van der Waals surface area contributed by atoms with Gasteiger partial charge in [-0.1, -0.05) is 32.0 Å². The van der Waals surface area contributed by atoms with Gasteiger partial charge in [-0.25, -0.2) is 0 Å². The minimum atomic E-state index is -0.0529. The van der Waals surface area contributed by atoms with Crippen molar-refractivity contribution in [3.05, 3.63) is 36.0 Å². The molecule has 0 aliphatic heterocycles. The van der Waals surface area contributed by atoms with Gasteiger partial charge < -0.3 is 15.0 Å². The summed E-state index contributed by atoms with van der Waals surface area (Å²) in [5.41, 5.74) is 1.71. The molecule has 22 heavy (non-hydrogen) atoms. The maximum atomic E-state index is 12.5. The maximum absolute atomic E-state index is 12.5. The molecule has 0 bridgehead atoms. The zero-order valence-electron chi connectivity index (χ0n) is 13.7. The van der Waals surface area contributed by atoms with Crippen molar-refractivity contribution < 1.29 is 9.90 Å². The SMILES string of the molecule is CCC(CC)(CCO)CNC(=O)c1cc2ccccc2n1C. The van der Waals surface area contributed by atoms with Gasteiger partial charge in [-0.2, -0.15) is 0 Å². The normalized spacial score (nSPS) is 11.8. The van der Waals surface area contributed by atoms with E-state index in [1.54, 1.807) is 0 Å². The molecule has 0 spiro atoms. The highest BCUT2D eigenvalue weighted by molar-refractivity contribution is 5.98. The van der Waals surface area contributed by atoms with Gasteiger partial charge >= 0.3 is 0 Å². The molecule has 0 aliphatic rings. The van der Waals surface area contributed by atoms with Crippen LogP contribution in [0.15, 0.2) is 30.3 Å². The number of aryl methyl sites for hydroxylation is 1. The highest BCUT2D eigenvalue weighted by atomic mass is 16.3. The second-order valence-electron chi connectivity index (χ2n) is 6.01. The van der Waals surface area contributed by atoms with Crippen LogP contribution < -0.4 is 5.32 Å². The van der Waals surface area contributed by atoms with Crippen LogP contribution in [0.5, 0.6) is 0 Å². The summed E-state index contributed by atoms with van der Waals surface area (Å²) in [7, 11) is 1.91. The Morgan fingerprint density at radius 2 is 1.95 bits per heavy atom. The monoisotopic (exact) mass is 302 g/mol. The molecule has 2 N–H and O–H groups in total. The lowest BCUT2D eigenvalue weighted by Crippen LogP contribution is -2.38. The third kappa shape index (κ3) is 3.17. The summed E-state index contributed by atoms with van der Waals surface area (Å²) in [6.45, 7) is 4.98. The van der Waals surface area contributed by atoms with Crippen LogP contribution in [0.25, 0.3) is 10.9 Å². The molecule has 1 heterocycles. The van der Waals surface area contributed by atoms with Crippen molar-refractivity contribution in [2.24, 2.45) is 12.5 Å². The smallest absolute Gasteiger partial charge is 0.267 e. The third-order valence-corrected chi connectivity index (χ3v) is 4.95. The Labute approximate surface area is 132 Å². The van der Waals surface area contributed by atoms with Crippen LogP contribution >= 0.6 is 0 Å². The number of benzene rings is 1. The van der Waals surface area contributed by atoms with Gasteiger partial charge in [0.1, 0.15) is 5.69 Å². The van der Waals surface area contributed by atoms with E-state index in [4.69, 9.17) is 0 Å². The predicted octanol–water partition coefficient (Wildman–Crippen LogP) is 3.10. The standard InChI is InChI=1S/C18H26N2O2/c1-4-18(5-2,10-11-21)13-19-17(22)16-12-14-8-6-7-9-15(14)20(16)3/h6-9,12,21H,4-5,10-11,13H2,1-3H3,(H,19,22). The first-order valence-electron chi connectivity index (χ1n) is 8.00. The summed E-state index contributed by atoms with van der Waals surface area (Å²) in [6, 6.07) is 9.91. The molecule has 120 valence electrons. The zero-order valence-corrected chi connectivity index (χ0v) is 13.7. The number of aliphatic hydroxyl groups is 1. The average molecular weight is 302 g/mol. The fraction of sp³-hybridized carbons (Fsp3) is 0.500. The van der Waals surface area contributed by atoms with Crippen molar-refractivity contribution in [3.8, 4) is 0 Å². The number of aliphatic hydroxyl groups excluding tert-OH is 1. The quantitative estimate of drug-likeness (QED) is 0.826. The van der Waals surface area contributed by atoms with Gasteiger partial charge in [0, 0.05) is 31.1 Å². The Balaban J connectivity index is 2.15. The zero-order chi connectivity index (χ0) is 16.2. The van der Waals surface area contributed by atoms with Crippen LogP contribution in [0, 0.1) is 5.41 Å². The van der Waals surface area contributed by atoms with Gasteiger partial charge in [0.25, 0.3) is 5.91 Å². The summed E-state index contributed by atoms with van der Waals surface area (Å²) < 4.78 is 1.93. The summed E-state index contributed by atoms with van der Waals surface area (Å²) in [6.07, 6.45) is 2.61. The van der Waals surface area contributed by atoms with E-state index in [0.717, 1.165) is 30.2 Å². The van der Waals surface area contributed by atoms with Crippen LogP contribution in [0.3, 0.4) is 0 Å². The first-order chi connectivity index (χ1) is 10.6. The molecule has 4 heteroatoms. The summed E-state index contributed by atoms with van der Waals surface area (Å²) in [5, 5.41) is 13.4. The van der Waals surface area contributed by atoms with E-state index in [1.165, 1.54) is 0 Å². The van der Waals surface area contributed by atoms with Crippen molar-refractivity contribution in [2.75, 3.05) is 13.2 Å². The van der Waals surface area contributed by atoms with Gasteiger partial charge in [0.15, 0.2) is 0 Å². The number of fused-ring (bicyclic) bond motifs is 1. The number of carbonyl (C=O) groups is 1. The molecule has 0 saturated carbocycles. The molecule has 0 aliphatic carbocycles. The number of nitrogens with zero attached hydrogens (tertiary/aromatic N) is 1. The third-order valence-electron chi connectivity index (χ3n) is 4.95. The minimum absolute atomic E-state index is 0.0189. The molecule has 2 rings (SSSR count). The second kappa shape index (κ2) is 6.97. The van der Waals surface area contributed by atoms with Crippen LogP contribution in [0.4, 0.5) is 0 Å². The lowest BCUT2D eigenvalue weighted by atomic mass is 9.79. The number of aromatic nitrogens is 1. The first-order valence-corrected chi connectivity index (χ1v) is 8.00. The predicted molar refractivity (Wildman–Crippen MR) is 90.0 cm³/mol. The van der Waals surface area contributed by atoms with Crippen molar-refractivity contribution in [1.82, 2.24) is 9.88 Å². The first kappa shape index (κ1) is 16.6. The number of hydrogen-bond donors (Lipinski definition) is 2. The van der Waals surface area contributed by atoms with Gasteiger partial charge in [0.05, 0.1) is 0 Å². The van der Waals surface area contributed by atoms with E-state index < -0.39 is 0 Å². The number of nitrogens with one attached hydrogen (secondary N) is 1. The minimum Gasteiger partial charge on any atom is -0.396 e. The summed E-state index contributed by atoms with van der Waals surface area (Å²) in [5.74, 6) is -0.0529. The largest absolute Gasteiger partial charge is 0.396 e. The highest BCUT2D eigenvalue weighted by Crippen LogP contribution is 2.29. The van der Waals surface area contributed by atoms with Gasteiger partial charge in [-0.15, -0.1) is 0 Å². The van der Waals surface area contributed by atoms with Crippen molar-refractivity contribution >= 4 is 16.8 Å². The summed E-state index contributed by atoms with van der Waals surface area (Å²) >= 11 is 0. The molecule has 1 aromatic carbocycles. The van der Waals surface area contributed by atoms with Crippen LogP contribution in [0.1, 0.15) is 43.6 Å². The van der Waals surface area contributed by atoms with E-state index in [0.29, 0.717) is 12.2 Å². The number of carbonyl (C=O) groups excluding carboxylic acids is 1. The Kier molecular flexibility index (Phi) is 5.24. The fourth-order valence-electron chi connectivity index (χ4n) is 3.04. The van der Waals surface area contributed by atoms with Crippen molar-refractivity contribution in [2.45, 2.75) is 33.1 Å². The Morgan fingerprint density at radius 1 is 1.27 bits per heavy atom. The maximum Gasteiger partial charge on any atom is 0.267 e. The molecule has 0 unspecified atom stereocenters. The van der Waals surface area contributed by atoms with Crippen LogP contribution in [-0.4, -0.2) is 28.7 Å². The summed E-state index contributed by atoms with van der Waals surface area (Å²) in [4.78, 5) is 12.5. The van der Waals surface area contributed by atoms with Crippen molar-refractivity contribution in [1.29, 1.82) is 0 Å². The van der Waals surface area contributed by atoms with E-state index in [-0.39, 0.29) is 17.9 Å². The molecule has 0 fully saturated rings. The van der Waals surface area contributed by atoms with E-state index in [2.05, 4.69) is 19.2 Å². The van der Waals surface area contributed by atoms with Crippen LogP contribution in [0.2, 0.25) is 0 Å². The van der Waals surface area contributed by atoms with Gasteiger partial charge in [-0.05, 0) is 36.8 Å². The molecule has 1 amide bonds. The lowest BCUT2D eigenvalue weighted by molar-refractivity contribution is 0.0899. The topological polar surface area (TPSA) is 54.3 Å².